The number of carbonyl (C=O) groups excluding carboxylic acids is 1. The number of nitrogens with one attached hydrogen (secondary N) is 1. The highest BCUT2D eigenvalue weighted by Crippen LogP contribution is 2.51. The first kappa shape index (κ1) is 40.7. The third kappa shape index (κ3) is 6.91. The molecule has 2 aromatic rings. The lowest BCUT2D eigenvalue weighted by molar-refractivity contribution is -0.365. The monoisotopic (exact) mass is 827 g/mol. The van der Waals surface area contributed by atoms with Crippen molar-refractivity contribution in [2.24, 2.45) is 21.3 Å². The van der Waals surface area contributed by atoms with Crippen molar-refractivity contribution in [2.45, 2.75) is 101 Å². The van der Waals surface area contributed by atoms with Crippen LogP contribution >= 0.6 is 0 Å². The zero-order valence-corrected chi connectivity index (χ0v) is 33.9. The third-order valence-corrected chi connectivity index (χ3v) is 13.8. The Morgan fingerprint density at radius 1 is 1.08 bits per heavy atom. The predicted molar refractivity (Wildman–Crippen MR) is 220 cm³/mol. The average molecular weight is 828 g/mol. The normalized spacial score (nSPS) is 27.5. The maximum atomic E-state index is 13.5. The van der Waals surface area contributed by atoms with Crippen LogP contribution in [0, 0.1) is 18.3 Å². The van der Waals surface area contributed by atoms with Gasteiger partial charge in [0, 0.05) is 55.3 Å². The van der Waals surface area contributed by atoms with Crippen LogP contribution in [-0.2, 0) is 21.0 Å². The molecule has 1 aliphatic carbocycles. The molecule has 9 rings (SSSR count). The van der Waals surface area contributed by atoms with Gasteiger partial charge in [0.05, 0.1) is 47.6 Å². The molecule has 0 radical (unpaired) electrons. The molecule has 6 N–H and O–H groups in total. The van der Waals surface area contributed by atoms with Gasteiger partial charge in [-0.3, -0.25) is 19.6 Å². The van der Waals surface area contributed by atoms with Crippen LogP contribution in [0.4, 0.5) is 5.69 Å². The van der Waals surface area contributed by atoms with Gasteiger partial charge >= 0.3 is 0 Å². The number of carbonyl (C=O) groups is 1. The SMILES string of the molecule is Cc1cc(=O)c2cc3c(c(N4C=C5N=CC=C5C4)c2o1)OC(C)(CCC1CNC(=O)C12CCCCC2)C(OOCC(O)C(O)(CN1CC=C2N=CC=C21)C(O)C(O)CO)C3. The lowest BCUT2D eigenvalue weighted by atomic mass is 9.65. The highest BCUT2D eigenvalue weighted by molar-refractivity contribution is 5.96. The van der Waals surface area contributed by atoms with Crippen LogP contribution in [0.2, 0.25) is 0 Å². The van der Waals surface area contributed by atoms with Crippen LogP contribution in [0.25, 0.3) is 11.0 Å². The van der Waals surface area contributed by atoms with E-state index in [2.05, 4.69) is 15.3 Å². The molecule has 7 unspecified atom stereocenters. The minimum atomic E-state index is -2.39. The number of fused-ring (bicyclic) bond motifs is 4. The van der Waals surface area contributed by atoms with Crippen molar-refractivity contribution in [3.63, 3.8) is 0 Å². The molecule has 0 bridgehead atoms. The van der Waals surface area contributed by atoms with Crippen LogP contribution in [-0.4, -0.2) is 124 Å². The summed E-state index contributed by atoms with van der Waals surface area (Å²) in [6.07, 6.45) is 10.5. The number of rotatable bonds is 14. The summed E-state index contributed by atoms with van der Waals surface area (Å²) in [5, 5.41) is 58.3. The molecule has 1 amide bonds. The lowest BCUT2D eigenvalue weighted by Gasteiger charge is -2.44. The minimum Gasteiger partial charge on any atom is -0.482 e. The number of nitrogens with zero attached hydrogens (tertiary/aromatic N) is 4. The molecule has 2 fully saturated rings. The number of anilines is 1. The fourth-order valence-electron chi connectivity index (χ4n) is 10.3. The summed E-state index contributed by atoms with van der Waals surface area (Å²) < 4.78 is 13.4. The number of aliphatic imine (C=N–C) groups is 2. The fourth-order valence-corrected chi connectivity index (χ4v) is 10.3. The molecular formula is C44H53N5O11. The van der Waals surface area contributed by atoms with Crippen LogP contribution < -0.4 is 20.4 Å². The van der Waals surface area contributed by atoms with E-state index in [-0.39, 0.29) is 30.2 Å². The van der Waals surface area contributed by atoms with Gasteiger partial charge in [-0.2, -0.15) is 0 Å². The predicted octanol–water partition coefficient (Wildman–Crippen LogP) is 2.23. The number of ether oxygens (including phenoxy) is 1. The van der Waals surface area contributed by atoms with Crippen molar-refractivity contribution in [1.82, 2.24) is 10.2 Å². The molecule has 60 heavy (non-hydrogen) atoms. The summed E-state index contributed by atoms with van der Waals surface area (Å²) in [5.74, 6) is 1.15. The van der Waals surface area contributed by atoms with Crippen molar-refractivity contribution < 1.29 is 49.3 Å². The molecule has 7 heterocycles. The summed E-state index contributed by atoms with van der Waals surface area (Å²) in [5.41, 5.74) is 0.691. The first-order valence-electron chi connectivity index (χ1n) is 21.0. The second-order valence-electron chi connectivity index (χ2n) is 17.6. The molecule has 6 aliphatic heterocycles. The Kier molecular flexibility index (Phi) is 10.6. The fraction of sp³-hybridized carbons (Fsp3) is 0.545. The Hall–Kier alpha value is -4.68. The van der Waals surface area contributed by atoms with Crippen molar-refractivity contribution >= 4 is 35.0 Å². The van der Waals surface area contributed by atoms with E-state index in [4.69, 9.17) is 18.9 Å². The standard InChI is InChI=1S/C44H53N5O11/c1-25-16-33(51)29-17-27-18-36(60-57-23-35(53)44(56,40(54)34(52)22-50)24-48-15-9-30-32(48)8-14-45-30)42(2,12-6-28-19-47-41(55)43(28)10-4-3-5-11-43)59-38(27)37(39(29)58-25)49-20-26-7-13-46-31(26)21-49/h7-9,13-14,16-17,21,28,34-36,40,50,52-54,56H,3-6,10-12,15,18-20,22-24H2,1-2H3,(H,47,55). The van der Waals surface area contributed by atoms with Gasteiger partial charge in [-0.15, -0.1) is 0 Å². The molecule has 1 saturated carbocycles. The van der Waals surface area contributed by atoms with E-state index < -0.39 is 54.2 Å². The maximum Gasteiger partial charge on any atom is 0.226 e. The van der Waals surface area contributed by atoms with Gasteiger partial charge in [0.2, 0.25) is 5.91 Å². The largest absolute Gasteiger partial charge is 0.482 e. The van der Waals surface area contributed by atoms with E-state index in [1.165, 1.54) is 6.07 Å². The van der Waals surface area contributed by atoms with Gasteiger partial charge in [0.25, 0.3) is 0 Å². The Morgan fingerprint density at radius 3 is 2.65 bits per heavy atom. The smallest absolute Gasteiger partial charge is 0.226 e. The number of aliphatic hydroxyl groups is 5. The zero-order chi connectivity index (χ0) is 42.0. The van der Waals surface area contributed by atoms with Gasteiger partial charge in [-0.25, -0.2) is 9.78 Å². The summed E-state index contributed by atoms with van der Waals surface area (Å²) in [4.78, 5) is 51.4. The van der Waals surface area contributed by atoms with E-state index >= 15 is 0 Å². The average Bonchev–Trinajstić information content (AvgIpc) is 4.07. The number of β-amino-alcohol motifs (C(OH)–C–C–N with tert-alkyl or cyclic N) is 1. The molecule has 7 atom stereocenters. The molecule has 1 saturated heterocycles. The van der Waals surface area contributed by atoms with Gasteiger partial charge in [0.15, 0.2) is 16.8 Å². The van der Waals surface area contributed by atoms with E-state index in [1.807, 2.05) is 30.2 Å². The second-order valence-corrected chi connectivity index (χ2v) is 17.6. The number of allylic oxidation sites excluding steroid dienone is 2. The number of aryl methyl sites for hydroxylation is 1. The molecule has 16 nitrogen and oxygen atoms in total. The van der Waals surface area contributed by atoms with Crippen molar-refractivity contribution in [3.05, 3.63) is 80.8 Å². The van der Waals surface area contributed by atoms with E-state index in [9.17, 15) is 35.1 Å². The van der Waals surface area contributed by atoms with Gasteiger partial charge in [0.1, 0.15) is 53.7 Å². The zero-order valence-electron chi connectivity index (χ0n) is 33.9. The van der Waals surface area contributed by atoms with Crippen LogP contribution in [0.3, 0.4) is 0 Å². The number of hydrogen-bond donors (Lipinski definition) is 6. The number of amides is 1. The Bertz CT molecular complexity index is 2310. The van der Waals surface area contributed by atoms with E-state index in [0.717, 1.165) is 43.4 Å². The molecule has 320 valence electrons. The quantitative estimate of drug-likeness (QED) is 0.119. The summed E-state index contributed by atoms with van der Waals surface area (Å²) in [7, 11) is 0. The minimum absolute atomic E-state index is 0.0650. The summed E-state index contributed by atoms with van der Waals surface area (Å²) >= 11 is 0. The van der Waals surface area contributed by atoms with Gasteiger partial charge in [-0.1, -0.05) is 19.3 Å². The molecular weight excluding hydrogens is 775 g/mol. The van der Waals surface area contributed by atoms with Crippen LogP contribution in [0.15, 0.2) is 78.4 Å². The van der Waals surface area contributed by atoms with Crippen LogP contribution in [0.1, 0.15) is 63.2 Å². The highest BCUT2D eigenvalue weighted by Gasteiger charge is 2.53. The van der Waals surface area contributed by atoms with E-state index in [0.29, 0.717) is 77.6 Å². The van der Waals surface area contributed by atoms with Crippen LogP contribution in [0.5, 0.6) is 5.75 Å². The second kappa shape index (κ2) is 15.7. The Balaban J connectivity index is 1.03. The Morgan fingerprint density at radius 2 is 1.87 bits per heavy atom. The number of hydrogen-bond acceptors (Lipinski definition) is 15. The number of aliphatic hydroxyl groups excluding tert-OH is 4. The van der Waals surface area contributed by atoms with Crippen molar-refractivity contribution in [1.29, 1.82) is 0 Å². The van der Waals surface area contributed by atoms with Crippen molar-refractivity contribution in [2.75, 3.05) is 44.3 Å². The topological polar surface area (TPSA) is 219 Å². The number of benzene rings is 1. The third-order valence-electron chi connectivity index (χ3n) is 13.8. The first-order valence-corrected chi connectivity index (χ1v) is 21.0. The van der Waals surface area contributed by atoms with Gasteiger partial charge < -0.3 is 49.8 Å². The molecule has 7 aliphatic rings. The molecule has 16 heteroatoms. The summed E-state index contributed by atoms with van der Waals surface area (Å²) in [6, 6.07) is 3.21. The maximum absolute atomic E-state index is 13.5. The molecule has 1 spiro atoms. The van der Waals surface area contributed by atoms with Crippen molar-refractivity contribution in [3.8, 4) is 5.75 Å². The first-order chi connectivity index (χ1) is 28.8. The van der Waals surface area contributed by atoms with Gasteiger partial charge in [-0.05, 0) is 69.7 Å². The van der Waals surface area contributed by atoms with E-state index in [1.54, 1.807) is 36.4 Å². The highest BCUT2D eigenvalue weighted by atomic mass is 17.2. The Labute approximate surface area is 346 Å². The summed E-state index contributed by atoms with van der Waals surface area (Å²) in [6.45, 7) is 3.21. The lowest BCUT2D eigenvalue weighted by Crippen LogP contribution is -2.63. The molecule has 1 aromatic heterocycles. The molecule has 1 aromatic carbocycles.